The van der Waals surface area contributed by atoms with E-state index < -0.39 is 0 Å². The van der Waals surface area contributed by atoms with Crippen molar-refractivity contribution in [2.75, 3.05) is 13.1 Å². The average Bonchev–Trinajstić information content (AvgIpc) is 3.17. The second kappa shape index (κ2) is 9.52. The van der Waals surface area contributed by atoms with Gasteiger partial charge in [-0.15, -0.1) is 0 Å². The van der Waals surface area contributed by atoms with E-state index >= 15 is 0 Å². The van der Waals surface area contributed by atoms with Crippen molar-refractivity contribution >= 4 is 21.9 Å². The molecule has 0 aliphatic rings. The van der Waals surface area contributed by atoms with Crippen LogP contribution in [0.5, 0.6) is 0 Å². The number of nitrogens with one attached hydrogen (secondary N) is 2. The maximum Gasteiger partial charge on any atom is 0.191 e. The van der Waals surface area contributed by atoms with Crippen molar-refractivity contribution in [1.29, 1.82) is 0 Å². The number of nitrogens with zero attached hydrogens (tertiary/aromatic N) is 2. The fourth-order valence-electron chi connectivity index (χ4n) is 2.41. The smallest absolute Gasteiger partial charge is 0.191 e. The van der Waals surface area contributed by atoms with Gasteiger partial charge >= 0.3 is 0 Å². The van der Waals surface area contributed by atoms with E-state index in [2.05, 4.69) is 57.5 Å². The summed E-state index contributed by atoms with van der Waals surface area (Å²) in [4.78, 5) is 4.66. The monoisotopic (exact) mass is 396 g/mol. The molecule has 2 aromatic heterocycles. The zero-order valence-corrected chi connectivity index (χ0v) is 16.1. The van der Waals surface area contributed by atoms with Crippen molar-refractivity contribution in [2.24, 2.45) is 4.99 Å². The first-order chi connectivity index (χ1) is 11.7. The SMILES string of the molecule is CCNC(=NCc1c(CC)noc1CC)NCCc1ccc(Br)o1. The van der Waals surface area contributed by atoms with Crippen molar-refractivity contribution in [3.63, 3.8) is 0 Å². The molecule has 0 spiro atoms. The molecule has 132 valence electrons. The summed E-state index contributed by atoms with van der Waals surface area (Å²) in [6.45, 7) is 8.32. The number of guanidine groups is 1. The Kier molecular flexibility index (Phi) is 7.36. The van der Waals surface area contributed by atoms with Gasteiger partial charge in [0.25, 0.3) is 0 Å². The highest BCUT2D eigenvalue weighted by Gasteiger charge is 2.13. The van der Waals surface area contributed by atoms with Gasteiger partial charge in [0, 0.05) is 31.5 Å². The van der Waals surface area contributed by atoms with Crippen molar-refractivity contribution in [1.82, 2.24) is 15.8 Å². The van der Waals surface area contributed by atoms with Gasteiger partial charge in [-0.2, -0.15) is 0 Å². The number of hydrogen-bond acceptors (Lipinski definition) is 4. The fraction of sp³-hybridized carbons (Fsp3) is 0.529. The lowest BCUT2D eigenvalue weighted by atomic mass is 10.1. The van der Waals surface area contributed by atoms with E-state index in [1.807, 2.05) is 12.1 Å². The van der Waals surface area contributed by atoms with Crippen molar-refractivity contribution in [3.05, 3.63) is 39.6 Å². The van der Waals surface area contributed by atoms with Crippen LogP contribution in [0.1, 0.15) is 43.5 Å². The van der Waals surface area contributed by atoms with Gasteiger partial charge in [0.2, 0.25) is 0 Å². The van der Waals surface area contributed by atoms with Crippen molar-refractivity contribution in [2.45, 2.75) is 46.6 Å². The van der Waals surface area contributed by atoms with Gasteiger partial charge in [0.15, 0.2) is 10.6 Å². The summed E-state index contributed by atoms with van der Waals surface area (Å²) in [6, 6.07) is 3.87. The van der Waals surface area contributed by atoms with Crippen LogP contribution < -0.4 is 10.6 Å². The number of hydrogen-bond donors (Lipinski definition) is 2. The highest BCUT2D eigenvalue weighted by atomic mass is 79.9. The van der Waals surface area contributed by atoms with Crippen LogP contribution in [0, 0.1) is 0 Å². The topological polar surface area (TPSA) is 75.6 Å². The van der Waals surface area contributed by atoms with Crippen LogP contribution in [0.4, 0.5) is 0 Å². The summed E-state index contributed by atoms with van der Waals surface area (Å²) in [5.41, 5.74) is 2.10. The lowest BCUT2D eigenvalue weighted by Gasteiger charge is -2.10. The Bertz CT molecular complexity index is 642. The molecule has 0 aliphatic heterocycles. The highest BCUT2D eigenvalue weighted by Crippen LogP contribution is 2.17. The summed E-state index contributed by atoms with van der Waals surface area (Å²) in [5.74, 6) is 2.64. The Morgan fingerprint density at radius 3 is 2.67 bits per heavy atom. The average molecular weight is 397 g/mol. The third kappa shape index (κ3) is 5.12. The summed E-state index contributed by atoms with van der Waals surface area (Å²) < 4.78 is 11.6. The zero-order chi connectivity index (χ0) is 17.4. The first-order valence-electron chi connectivity index (χ1n) is 8.40. The number of rotatable bonds is 8. The third-order valence-corrected chi connectivity index (χ3v) is 4.07. The Morgan fingerprint density at radius 2 is 2.04 bits per heavy atom. The van der Waals surface area contributed by atoms with E-state index in [9.17, 15) is 0 Å². The molecule has 2 rings (SSSR count). The van der Waals surface area contributed by atoms with Crippen LogP contribution in [0.3, 0.4) is 0 Å². The predicted molar refractivity (Wildman–Crippen MR) is 98.2 cm³/mol. The second-order valence-corrected chi connectivity index (χ2v) is 6.10. The highest BCUT2D eigenvalue weighted by molar-refractivity contribution is 9.10. The molecule has 2 heterocycles. The molecular weight excluding hydrogens is 372 g/mol. The number of aliphatic imine (C=N–C) groups is 1. The van der Waals surface area contributed by atoms with Crippen LogP contribution >= 0.6 is 15.9 Å². The molecule has 2 N–H and O–H groups in total. The Labute approximate surface area is 151 Å². The summed E-state index contributed by atoms with van der Waals surface area (Å²) in [5, 5.41) is 10.7. The minimum absolute atomic E-state index is 0.567. The molecule has 0 unspecified atom stereocenters. The molecule has 0 fully saturated rings. The number of aryl methyl sites for hydroxylation is 2. The summed E-state index contributed by atoms with van der Waals surface area (Å²) in [7, 11) is 0. The van der Waals surface area contributed by atoms with E-state index in [1.54, 1.807) is 0 Å². The predicted octanol–water partition coefficient (Wildman–Crippen LogP) is 3.45. The molecule has 0 radical (unpaired) electrons. The Morgan fingerprint density at radius 1 is 1.21 bits per heavy atom. The fourth-order valence-corrected chi connectivity index (χ4v) is 2.75. The van der Waals surface area contributed by atoms with E-state index in [4.69, 9.17) is 8.94 Å². The van der Waals surface area contributed by atoms with Gasteiger partial charge in [-0.3, -0.25) is 0 Å². The normalized spacial score (nSPS) is 11.8. The lowest BCUT2D eigenvalue weighted by molar-refractivity contribution is 0.380. The first-order valence-corrected chi connectivity index (χ1v) is 9.19. The zero-order valence-electron chi connectivity index (χ0n) is 14.5. The first kappa shape index (κ1) is 18.6. The molecule has 0 saturated heterocycles. The Hall–Kier alpha value is -1.76. The van der Waals surface area contributed by atoms with Gasteiger partial charge in [-0.25, -0.2) is 4.99 Å². The molecule has 7 heteroatoms. The van der Waals surface area contributed by atoms with Crippen LogP contribution in [-0.2, 0) is 25.8 Å². The molecule has 0 aliphatic carbocycles. The number of halogens is 1. The molecule has 0 saturated carbocycles. The molecule has 0 aromatic carbocycles. The minimum Gasteiger partial charge on any atom is -0.454 e. The van der Waals surface area contributed by atoms with E-state index in [1.165, 1.54) is 0 Å². The molecule has 2 aromatic rings. The maximum atomic E-state index is 5.50. The van der Waals surface area contributed by atoms with E-state index in [0.29, 0.717) is 6.54 Å². The van der Waals surface area contributed by atoms with Crippen molar-refractivity contribution < 1.29 is 8.94 Å². The van der Waals surface area contributed by atoms with Gasteiger partial charge in [0.1, 0.15) is 11.5 Å². The molecule has 24 heavy (non-hydrogen) atoms. The standard InChI is InChI=1S/C17H25BrN4O2/c1-4-14-13(15(5-2)24-22-14)11-21-17(19-6-3)20-10-9-12-7-8-16(18)23-12/h7-8H,4-6,9-11H2,1-3H3,(H2,19,20,21). The van der Waals surface area contributed by atoms with Crippen LogP contribution in [0.15, 0.2) is 30.7 Å². The molecule has 6 nitrogen and oxygen atoms in total. The summed E-state index contributed by atoms with van der Waals surface area (Å²) >= 11 is 3.31. The Balaban J connectivity index is 1.96. The van der Waals surface area contributed by atoms with Crippen molar-refractivity contribution in [3.8, 4) is 0 Å². The maximum absolute atomic E-state index is 5.50. The summed E-state index contributed by atoms with van der Waals surface area (Å²) in [6.07, 6.45) is 2.48. The van der Waals surface area contributed by atoms with Gasteiger partial charge in [-0.05, 0) is 41.4 Å². The molecule has 0 amide bonds. The molecule has 0 atom stereocenters. The van der Waals surface area contributed by atoms with Crippen LogP contribution in [0.25, 0.3) is 0 Å². The molecule has 0 bridgehead atoms. The van der Waals surface area contributed by atoms with Crippen LogP contribution in [0.2, 0.25) is 0 Å². The van der Waals surface area contributed by atoms with E-state index in [0.717, 1.165) is 65.8 Å². The third-order valence-electron chi connectivity index (χ3n) is 3.64. The lowest BCUT2D eigenvalue weighted by Crippen LogP contribution is -2.38. The largest absolute Gasteiger partial charge is 0.454 e. The number of furan rings is 1. The van der Waals surface area contributed by atoms with Crippen LogP contribution in [-0.4, -0.2) is 24.2 Å². The van der Waals surface area contributed by atoms with Gasteiger partial charge in [-0.1, -0.05) is 19.0 Å². The van der Waals surface area contributed by atoms with Gasteiger partial charge < -0.3 is 19.6 Å². The minimum atomic E-state index is 0.567. The molecular formula is C17H25BrN4O2. The second-order valence-electron chi connectivity index (χ2n) is 5.32. The van der Waals surface area contributed by atoms with Gasteiger partial charge in [0.05, 0.1) is 12.2 Å². The number of aromatic nitrogens is 1. The quantitative estimate of drug-likeness (QED) is 0.527. The van der Waals surface area contributed by atoms with E-state index in [-0.39, 0.29) is 0 Å².